The molecule has 0 aliphatic heterocycles. The van der Waals surface area contributed by atoms with E-state index in [0.29, 0.717) is 18.9 Å². The van der Waals surface area contributed by atoms with Crippen LogP contribution in [0.15, 0.2) is 85.2 Å². The third-order valence-electron chi connectivity index (χ3n) is 5.14. The van der Waals surface area contributed by atoms with Crippen molar-refractivity contribution in [3.8, 4) is 0 Å². The SMILES string of the molecule is Nc1c(Nc2cc(C(F)(F)F)ccc2Cl)ncnc1N(Cc1ccccc1)Cc1ccccc1. The highest BCUT2D eigenvalue weighted by Crippen LogP contribution is 2.37. The molecule has 0 saturated carbocycles. The number of anilines is 4. The Morgan fingerprint density at radius 2 is 1.44 bits per heavy atom. The second-order valence-corrected chi connectivity index (χ2v) is 8.01. The van der Waals surface area contributed by atoms with Crippen molar-refractivity contribution in [1.82, 2.24) is 9.97 Å². The number of aromatic nitrogens is 2. The van der Waals surface area contributed by atoms with Crippen molar-refractivity contribution in [3.63, 3.8) is 0 Å². The van der Waals surface area contributed by atoms with Crippen molar-refractivity contribution >= 4 is 34.6 Å². The van der Waals surface area contributed by atoms with E-state index in [0.717, 1.165) is 23.3 Å². The molecule has 3 aromatic carbocycles. The topological polar surface area (TPSA) is 67.1 Å². The highest BCUT2D eigenvalue weighted by Gasteiger charge is 2.31. The maximum absolute atomic E-state index is 13.2. The first-order valence-corrected chi connectivity index (χ1v) is 10.8. The summed E-state index contributed by atoms with van der Waals surface area (Å²) in [4.78, 5) is 10.5. The van der Waals surface area contributed by atoms with Crippen LogP contribution in [0.5, 0.6) is 0 Å². The predicted octanol–water partition coefficient (Wildman–Crippen LogP) is 6.68. The van der Waals surface area contributed by atoms with Crippen LogP contribution in [-0.2, 0) is 19.3 Å². The number of hydrogen-bond donors (Lipinski definition) is 2. The van der Waals surface area contributed by atoms with Gasteiger partial charge in [0.25, 0.3) is 0 Å². The molecule has 0 saturated heterocycles. The number of halogens is 4. The van der Waals surface area contributed by atoms with Gasteiger partial charge in [0.1, 0.15) is 12.0 Å². The molecule has 4 rings (SSSR count). The summed E-state index contributed by atoms with van der Waals surface area (Å²) in [5.74, 6) is 0.616. The van der Waals surface area contributed by atoms with Gasteiger partial charge in [-0.05, 0) is 29.3 Å². The molecule has 3 N–H and O–H groups in total. The van der Waals surface area contributed by atoms with Gasteiger partial charge in [-0.1, -0.05) is 72.3 Å². The van der Waals surface area contributed by atoms with Gasteiger partial charge in [0.2, 0.25) is 0 Å². The molecule has 0 aliphatic carbocycles. The molecule has 0 atom stereocenters. The van der Waals surface area contributed by atoms with E-state index in [-0.39, 0.29) is 22.2 Å². The molecular formula is C25H21ClF3N5. The summed E-state index contributed by atoms with van der Waals surface area (Å²) in [6.07, 6.45) is -3.19. The molecule has 0 bridgehead atoms. The van der Waals surface area contributed by atoms with E-state index in [1.54, 1.807) is 0 Å². The molecule has 1 aromatic heterocycles. The summed E-state index contributed by atoms with van der Waals surface area (Å²) in [5.41, 5.74) is 7.93. The summed E-state index contributed by atoms with van der Waals surface area (Å²) in [7, 11) is 0. The molecule has 0 fully saturated rings. The van der Waals surface area contributed by atoms with E-state index in [1.165, 1.54) is 12.4 Å². The van der Waals surface area contributed by atoms with Gasteiger partial charge >= 0.3 is 6.18 Å². The minimum Gasteiger partial charge on any atom is -0.393 e. The second kappa shape index (κ2) is 10.0. The van der Waals surface area contributed by atoms with E-state index in [1.807, 2.05) is 65.6 Å². The zero-order valence-corrected chi connectivity index (χ0v) is 18.7. The molecule has 0 unspecified atom stereocenters. The molecule has 5 nitrogen and oxygen atoms in total. The van der Waals surface area contributed by atoms with Crippen LogP contribution in [0.4, 0.5) is 36.2 Å². The number of rotatable bonds is 7. The Balaban J connectivity index is 1.69. The summed E-state index contributed by atoms with van der Waals surface area (Å²) in [6.45, 7) is 1.03. The maximum atomic E-state index is 13.2. The molecule has 174 valence electrons. The fraction of sp³-hybridized carbons (Fsp3) is 0.120. The quantitative estimate of drug-likeness (QED) is 0.307. The lowest BCUT2D eigenvalue weighted by Crippen LogP contribution is -2.24. The van der Waals surface area contributed by atoms with E-state index < -0.39 is 11.7 Å². The zero-order valence-electron chi connectivity index (χ0n) is 17.9. The summed E-state index contributed by atoms with van der Waals surface area (Å²) in [6, 6.07) is 22.7. The van der Waals surface area contributed by atoms with E-state index in [9.17, 15) is 13.2 Å². The molecule has 1 heterocycles. The van der Waals surface area contributed by atoms with Gasteiger partial charge in [-0.25, -0.2) is 9.97 Å². The molecule has 4 aromatic rings. The Hall–Kier alpha value is -3.78. The minimum absolute atomic E-state index is 0.0468. The summed E-state index contributed by atoms with van der Waals surface area (Å²) >= 11 is 6.14. The third-order valence-corrected chi connectivity index (χ3v) is 5.47. The van der Waals surface area contributed by atoms with Gasteiger partial charge in [0.15, 0.2) is 11.6 Å². The Morgan fingerprint density at radius 1 is 0.853 bits per heavy atom. The van der Waals surface area contributed by atoms with Crippen molar-refractivity contribution in [2.45, 2.75) is 19.3 Å². The first-order chi connectivity index (χ1) is 16.3. The number of hydrogen-bond acceptors (Lipinski definition) is 5. The highest BCUT2D eigenvalue weighted by atomic mass is 35.5. The number of benzene rings is 3. The number of nitrogens with one attached hydrogen (secondary N) is 1. The average molecular weight is 484 g/mol. The van der Waals surface area contributed by atoms with Crippen molar-refractivity contribution < 1.29 is 13.2 Å². The Labute approximate surface area is 200 Å². The maximum Gasteiger partial charge on any atom is 0.416 e. The van der Waals surface area contributed by atoms with Gasteiger partial charge < -0.3 is 16.0 Å². The van der Waals surface area contributed by atoms with E-state index in [2.05, 4.69) is 15.3 Å². The van der Waals surface area contributed by atoms with Gasteiger partial charge in [-0.15, -0.1) is 0 Å². The third kappa shape index (κ3) is 5.58. The van der Waals surface area contributed by atoms with Crippen LogP contribution >= 0.6 is 11.6 Å². The lowest BCUT2D eigenvalue weighted by molar-refractivity contribution is -0.137. The van der Waals surface area contributed by atoms with Crippen molar-refractivity contribution in [2.24, 2.45) is 0 Å². The average Bonchev–Trinajstić information content (AvgIpc) is 2.82. The van der Waals surface area contributed by atoms with Gasteiger partial charge in [-0.2, -0.15) is 13.2 Å². The Bertz CT molecular complexity index is 1210. The number of nitrogens with zero attached hydrogens (tertiary/aromatic N) is 3. The summed E-state index contributed by atoms with van der Waals surface area (Å²) < 4.78 is 39.5. The van der Waals surface area contributed by atoms with Crippen LogP contribution in [0.1, 0.15) is 16.7 Å². The first kappa shape index (κ1) is 23.4. The van der Waals surface area contributed by atoms with Crippen LogP contribution in [0, 0.1) is 0 Å². The lowest BCUT2D eigenvalue weighted by atomic mass is 10.1. The van der Waals surface area contributed by atoms with Crippen molar-refractivity contribution in [3.05, 3.63) is 107 Å². The fourth-order valence-corrected chi connectivity index (χ4v) is 3.64. The van der Waals surface area contributed by atoms with Crippen molar-refractivity contribution in [1.29, 1.82) is 0 Å². The fourth-order valence-electron chi connectivity index (χ4n) is 3.48. The molecular weight excluding hydrogens is 463 g/mol. The van der Waals surface area contributed by atoms with Crippen LogP contribution in [-0.4, -0.2) is 9.97 Å². The Morgan fingerprint density at radius 3 is 2.00 bits per heavy atom. The van der Waals surface area contributed by atoms with Crippen LogP contribution in [0.25, 0.3) is 0 Å². The molecule has 0 radical (unpaired) electrons. The molecule has 0 amide bonds. The van der Waals surface area contributed by atoms with E-state index >= 15 is 0 Å². The van der Waals surface area contributed by atoms with Crippen LogP contribution in [0.3, 0.4) is 0 Å². The molecule has 0 aliphatic rings. The lowest BCUT2D eigenvalue weighted by Gasteiger charge is -2.26. The largest absolute Gasteiger partial charge is 0.416 e. The number of alkyl halides is 3. The van der Waals surface area contributed by atoms with Gasteiger partial charge in [-0.3, -0.25) is 0 Å². The van der Waals surface area contributed by atoms with Crippen LogP contribution < -0.4 is 16.0 Å². The van der Waals surface area contributed by atoms with E-state index in [4.69, 9.17) is 17.3 Å². The first-order valence-electron chi connectivity index (χ1n) is 10.4. The normalized spacial score (nSPS) is 11.3. The molecule has 0 spiro atoms. The predicted molar refractivity (Wildman–Crippen MR) is 129 cm³/mol. The standard InChI is InChI=1S/C25H21ClF3N5/c26-20-12-11-19(25(27,28)29)13-21(20)33-23-22(30)24(32-16-31-23)34(14-17-7-3-1-4-8-17)15-18-9-5-2-6-10-18/h1-13,16H,14-15,30H2,(H,31,32,33). The number of nitrogens with two attached hydrogens (primary N) is 1. The molecule has 34 heavy (non-hydrogen) atoms. The van der Waals surface area contributed by atoms with Gasteiger partial charge in [0.05, 0.1) is 16.3 Å². The summed E-state index contributed by atoms with van der Waals surface area (Å²) in [5, 5.41) is 2.95. The number of nitrogen functional groups attached to an aromatic ring is 1. The van der Waals surface area contributed by atoms with Gasteiger partial charge in [0, 0.05) is 13.1 Å². The smallest absolute Gasteiger partial charge is 0.393 e. The second-order valence-electron chi connectivity index (χ2n) is 7.60. The zero-order chi connectivity index (χ0) is 24.1. The minimum atomic E-state index is -4.51. The van der Waals surface area contributed by atoms with Crippen LogP contribution in [0.2, 0.25) is 5.02 Å². The Kier molecular flexibility index (Phi) is 6.88. The van der Waals surface area contributed by atoms with Crippen molar-refractivity contribution in [2.75, 3.05) is 16.0 Å². The highest BCUT2D eigenvalue weighted by molar-refractivity contribution is 6.33. The molecule has 9 heteroatoms. The monoisotopic (exact) mass is 483 g/mol.